The summed E-state index contributed by atoms with van der Waals surface area (Å²) in [5, 5.41) is 16.2. The van der Waals surface area contributed by atoms with Crippen LogP contribution in [0.15, 0.2) is 18.2 Å². The number of benzene rings is 1. The number of carbonyl (C=O) groups excluding carboxylic acids is 1. The molecular weight excluding hydrogens is 363 g/mol. The van der Waals surface area contributed by atoms with Crippen molar-refractivity contribution in [2.75, 3.05) is 5.32 Å². The van der Waals surface area contributed by atoms with Gasteiger partial charge in [-0.05, 0) is 31.0 Å². The van der Waals surface area contributed by atoms with E-state index in [1.54, 1.807) is 0 Å². The smallest absolute Gasteiger partial charge is 0.283 e. The molecule has 1 aromatic carbocycles. The van der Waals surface area contributed by atoms with Crippen molar-refractivity contribution < 1.29 is 18.7 Å². The van der Waals surface area contributed by atoms with Crippen LogP contribution in [0.4, 0.5) is 14.5 Å². The number of anilines is 1. The third kappa shape index (κ3) is 3.47. The van der Waals surface area contributed by atoms with Crippen LogP contribution in [0.2, 0.25) is 10.0 Å². The van der Waals surface area contributed by atoms with E-state index in [1.165, 1.54) is 22.9 Å². The number of rotatable bonds is 5. The van der Waals surface area contributed by atoms with Gasteiger partial charge in [-0.1, -0.05) is 23.2 Å². The van der Waals surface area contributed by atoms with Crippen molar-refractivity contribution in [3.05, 3.63) is 39.6 Å². The van der Waals surface area contributed by atoms with Crippen molar-refractivity contribution in [1.29, 1.82) is 0 Å². The number of alkyl halides is 2. The molecule has 1 amide bonds. The molecule has 9 heteroatoms. The van der Waals surface area contributed by atoms with Gasteiger partial charge in [0, 0.05) is 10.9 Å². The second kappa shape index (κ2) is 6.57. The van der Waals surface area contributed by atoms with E-state index in [9.17, 15) is 18.7 Å². The normalized spacial score (nSPS) is 14.2. The van der Waals surface area contributed by atoms with E-state index in [0.29, 0.717) is 10.7 Å². The number of carbonyl (C=O) groups is 1. The number of aromatic hydroxyl groups is 1. The van der Waals surface area contributed by atoms with Crippen molar-refractivity contribution in [3.8, 4) is 5.75 Å². The van der Waals surface area contributed by atoms with Gasteiger partial charge in [-0.25, -0.2) is 8.78 Å². The van der Waals surface area contributed by atoms with Crippen molar-refractivity contribution >= 4 is 34.8 Å². The number of amides is 1. The van der Waals surface area contributed by atoms with Gasteiger partial charge in [0.05, 0.1) is 16.4 Å². The second-order valence-corrected chi connectivity index (χ2v) is 6.34. The van der Waals surface area contributed by atoms with Crippen LogP contribution < -0.4 is 5.32 Å². The van der Waals surface area contributed by atoms with Gasteiger partial charge in [0.15, 0.2) is 0 Å². The molecule has 5 nitrogen and oxygen atoms in total. The van der Waals surface area contributed by atoms with Crippen molar-refractivity contribution in [2.45, 2.75) is 31.7 Å². The molecule has 1 aliphatic carbocycles. The number of nitrogens with zero attached hydrogens (tertiary/aromatic N) is 2. The first-order chi connectivity index (χ1) is 11.4. The fraction of sp³-hybridized carbons (Fsp3) is 0.333. The molecule has 1 saturated carbocycles. The Morgan fingerprint density at radius 3 is 2.75 bits per heavy atom. The lowest BCUT2D eigenvalue weighted by Crippen LogP contribution is -2.21. The minimum Gasteiger partial charge on any atom is -0.506 e. The molecule has 0 atom stereocenters. The predicted molar refractivity (Wildman–Crippen MR) is 85.9 cm³/mol. The quantitative estimate of drug-likeness (QED) is 0.763. The molecule has 0 saturated heterocycles. The Morgan fingerprint density at radius 1 is 1.42 bits per heavy atom. The van der Waals surface area contributed by atoms with Gasteiger partial charge in [0.2, 0.25) is 5.91 Å². The van der Waals surface area contributed by atoms with E-state index < -0.39 is 18.0 Å². The summed E-state index contributed by atoms with van der Waals surface area (Å²) in [6, 6.07) is 4.20. The third-order valence-corrected chi connectivity index (χ3v) is 4.28. The molecular formula is C15H13Cl2F2N3O2. The van der Waals surface area contributed by atoms with Gasteiger partial charge in [-0.2, -0.15) is 5.10 Å². The number of aromatic nitrogens is 2. The minimum absolute atomic E-state index is 0.0462. The van der Waals surface area contributed by atoms with Crippen LogP contribution in [0.3, 0.4) is 0 Å². The van der Waals surface area contributed by atoms with Gasteiger partial charge in [0.1, 0.15) is 18.0 Å². The number of phenols is 1. The Balaban J connectivity index is 1.81. The zero-order valence-electron chi connectivity index (χ0n) is 12.3. The molecule has 3 rings (SSSR count). The Hall–Kier alpha value is -1.86. The maximum Gasteiger partial charge on any atom is 0.283 e. The van der Waals surface area contributed by atoms with Gasteiger partial charge >= 0.3 is 0 Å². The SMILES string of the molecule is O=C(Cn1nc(C(F)F)c(Cl)c1C1CC1)Nc1cc(Cl)ccc1O. The molecule has 0 unspecified atom stereocenters. The molecule has 24 heavy (non-hydrogen) atoms. The summed E-state index contributed by atoms with van der Waals surface area (Å²) in [6.45, 7) is -0.287. The summed E-state index contributed by atoms with van der Waals surface area (Å²) >= 11 is 11.8. The summed E-state index contributed by atoms with van der Waals surface area (Å²) < 4.78 is 27.2. The molecule has 0 aliphatic heterocycles. The Labute approximate surface area is 146 Å². The lowest BCUT2D eigenvalue weighted by molar-refractivity contribution is -0.117. The van der Waals surface area contributed by atoms with E-state index in [-0.39, 0.29) is 28.9 Å². The molecule has 2 aromatic rings. The molecule has 2 N–H and O–H groups in total. The summed E-state index contributed by atoms with van der Waals surface area (Å²) in [5.41, 5.74) is 0.0715. The van der Waals surface area contributed by atoms with E-state index in [0.717, 1.165) is 12.8 Å². The van der Waals surface area contributed by atoms with E-state index in [2.05, 4.69) is 10.4 Å². The monoisotopic (exact) mass is 375 g/mol. The average molecular weight is 376 g/mol. The largest absolute Gasteiger partial charge is 0.506 e. The third-order valence-electron chi connectivity index (χ3n) is 3.65. The minimum atomic E-state index is -2.81. The maximum atomic E-state index is 13.0. The van der Waals surface area contributed by atoms with Crippen LogP contribution in [0.5, 0.6) is 5.75 Å². The fourth-order valence-corrected chi connectivity index (χ4v) is 2.96. The molecule has 1 heterocycles. The summed E-state index contributed by atoms with van der Waals surface area (Å²) in [4.78, 5) is 12.2. The van der Waals surface area contributed by atoms with Gasteiger partial charge in [-0.15, -0.1) is 0 Å². The number of hydrogen-bond acceptors (Lipinski definition) is 3. The Kier molecular flexibility index (Phi) is 4.64. The van der Waals surface area contributed by atoms with Crippen LogP contribution in [-0.2, 0) is 11.3 Å². The molecule has 1 aliphatic rings. The molecule has 1 fully saturated rings. The Morgan fingerprint density at radius 2 is 2.12 bits per heavy atom. The highest BCUT2D eigenvalue weighted by molar-refractivity contribution is 6.32. The number of phenolic OH excluding ortho intramolecular Hbond substituents is 1. The standard InChI is InChI=1S/C15H13Cl2F2N3O2/c16-8-3-4-10(23)9(5-8)20-11(24)6-22-14(7-1-2-7)12(17)13(21-22)15(18)19/h3-5,7,15,23H,1-2,6H2,(H,20,24). The summed E-state index contributed by atoms with van der Waals surface area (Å²) in [5.74, 6) is -0.638. The summed E-state index contributed by atoms with van der Waals surface area (Å²) in [7, 11) is 0. The molecule has 1 aromatic heterocycles. The summed E-state index contributed by atoms with van der Waals surface area (Å²) in [6.07, 6.45) is -1.16. The van der Waals surface area contributed by atoms with Crippen molar-refractivity contribution in [2.24, 2.45) is 0 Å². The van der Waals surface area contributed by atoms with Crippen LogP contribution >= 0.6 is 23.2 Å². The average Bonchev–Trinajstić information content (AvgIpc) is 3.27. The molecule has 128 valence electrons. The molecule has 0 bridgehead atoms. The van der Waals surface area contributed by atoms with E-state index >= 15 is 0 Å². The van der Waals surface area contributed by atoms with Gasteiger partial charge in [0.25, 0.3) is 6.43 Å². The molecule has 0 radical (unpaired) electrons. The fourth-order valence-electron chi connectivity index (χ4n) is 2.41. The second-order valence-electron chi connectivity index (χ2n) is 5.53. The number of halogens is 4. The van der Waals surface area contributed by atoms with Gasteiger partial charge < -0.3 is 10.4 Å². The van der Waals surface area contributed by atoms with Crippen LogP contribution in [0.25, 0.3) is 0 Å². The topological polar surface area (TPSA) is 67.2 Å². The number of nitrogens with one attached hydrogen (secondary N) is 1. The number of hydrogen-bond donors (Lipinski definition) is 2. The van der Waals surface area contributed by atoms with Crippen molar-refractivity contribution in [1.82, 2.24) is 9.78 Å². The van der Waals surface area contributed by atoms with Crippen LogP contribution in [-0.4, -0.2) is 20.8 Å². The highest BCUT2D eigenvalue weighted by atomic mass is 35.5. The lowest BCUT2D eigenvalue weighted by Gasteiger charge is -2.10. The maximum absolute atomic E-state index is 13.0. The zero-order chi connectivity index (χ0) is 17.4. The first-order valence-corrected chi connectivity index (χ1v) is 7.95. The van der Waals surface area contributed by atoms with Crippen LogP contribution in [0.1, 0.15) is 36.6 Å². The highest BCUT2D eigenvalue weighted by Gasteiger charge is 2.34. The lowest BCUT2D eigenvalue weighted by atomic mass is 10.2. The van der Waals surface area contributed by atoms with Gasteiger partial charge in [-0.3, -0.25) is 9.48 Å². The molecule has 0 spiro atoms. The van der Waals surface area contributed by atoms with Crippen molar-refractivity contribution in [3.63, 3.8) is 0 Å². The van der Waals surface area contributed by atoms with Crippen LogP contribution in [0, 0.1) is 0 Å². The predicted octanol–water partition coefficient (Wildman–Crippen LogP) is 4.35. The first kappa shape index (κ1) is 17.0. The Bertz CT molecular complexity index is 791. The first-order valence-electron chi connectivity index (χ1n) is 7.19. The zero-order valence-corrected chi connectivity index (χ0v) is 13.8. The van der Waals surface area contributed by atoms with E-state index in [1.807, 2.05) is 0 Å². The van der Waals surface area contributed by atoms with E-state index in [4.69, 9.17) is 23.2 Å². The highest BCUT2D eigenvalue weighted by Crippen LogP contribution is 2.45.